The predicted octanol–water partition coefficient (Wildman–Crippen LogP) is 2.65. The topological polar surface area (TPSA) is 28.2 Å². The number of nitrogens with one attached hydrogen (secondary N) is 1. The maximum absolute atomic E-state index is 4.45. The molecule has 1 aliphatic rings. The van der Waals surface area contributed by atoms with Crippen LogP contribution < -0.4 is 10.2 Å². The van der Waals surface area contributed by atoms with E-state index in [1.165, 1.54) is 15.8 Å². The second kappa shape index (κ2) is 5.02. The first-order chi connectivity index (χ1) is 7.86. The summed E-state index contributed by atoms with van der Waals surface area (Å²) in [5.41, 5.74) is 2.50. The van der Waals surface area contributed by atoms with Crippen molar-refractivity contribution in [2.24, 2.45) is 0 Å². The first-order valence-corrected chi connectivity index (χ1v) is 6.44. The van der Waals surface area contributed by atoms with Gasteiger partial charge < -0.3 is 10.2 Å². The molecular formula is C13H19N3S. The molecule has 0 spiro atoms. The molecule has 92 valence electrons. The molecule has 0 radical (unpaired) electrons. The monoisotopic (exact) mass is 249 g/mol. The molecule has 2 heterocycles. The van der Waals surface area contributed by atoms with E-state index in [1.807, 2.05) is 0 Å². The number of anilines is 1. The third-order valence-electron chi connectivity index (χ3n) is 3.12. The first kappa shape index (κ1) is 12.3. The molecule has 17 heavy (non-hydrogen) atoms. The number of piperazine rings is 1. The molecule has 3 nitrogen and oxygen atoms in total. The van der Waals surface area contributed by atoms with E-state index >= 15 is 0 Å². The van der Waals surface area contributed by atoms with Gasteiger partial charge in [0.15, 0.2) is 0 Å². The van der Waals surface area contributed by atoms with E-state index in [2.05, 4.69) is 39.7 Å². The van der Waals surface area contributed by atoms with Crippen molar-refractivity contribution in [2.75, 3.05) is 31.1 Å². The lowest BCUT2D eigenvalue weighted by atomic mass is 10.2. The van der Waals surface area contributed by atoms with Crippen LogP contribution in [0.1, 0.15) is 13.1 Å². The van der Waals surface area contributed by atoms with Gasteiger partial charge in [-0.1, -0.05) is 19.6 Å². The van der Waals surface area contributed by atoms with Crippen LogP contribution in [0.4, 0.5) is 5.69 Å². The fraction of sp³-hybridized carbons (Fsp3) is 0.462. The number of nitrogens with zero attached hydrogens (tertiary/aromatic N) is 2. The number of rotatable bonds is 1. The fourth-order valence-electron chi connectivity index (χ4n) is 2.22. The minimum atomic E-state index is 0. The molecule has 0 amide bonds. The zero-order chi connectivity index (χ0) is 11.0. The van der Waals surface area contributed by atoms with Crippen LogP contribution in [0.3, 0.4) is 0 Å². The Morgan fingerprint density at radius 3 is 2.82 bits per heavy atom. The first-order valence-electron chi connectivity index (χ1n) is 5.67. The van der Waals surface area contributed by atoms with Crippen LogP contribution in [-0.4, -0.2) is 30.6 Å². The highest BCUT2D eigenvalue weighted by Gasteiger charge is 2.14. The highest BCUT2D eigenvalue weighted by atomic mass is 32.1. The van der Waals surface area contributed by atoms with Crippen molar-refractivity contribution in [1.82, 2.24) is 9.69 Å². The van der Waals surface area contributed by atoms with Crippen molar-refractivity contribution >= 4 is 27.3 Å². The second-order valence-corrected chi connectivity index (χ2v) is 4.93. The van der Waals surface area contributed by atoms with E-state index < -0.39 is 0 Å². The van der Waals surface area contributed by atoms with Gasteiger partial charge >= 0.3 is 0 Å². The van der Waals surface area contributed by atoms with E-state index in [-0.39, 0.29) is 7.43 Å². The standard InChI is InChI=1S/C12H15N3S.CH4/c1-9-10-3-2-4-11(12(10)16-14-9)15-7-5-13-6-8-15;/h2-4,13H,5-8H2,1H3;1H4. The van der Waals surface area contributed by atoms with E-state index in [1.54, 1.807) is 11.5 Å². The number of hydrogen-bond acceptors (Lipinski definition) is 4. The van der Waals surface area contributed by atoms with Gasteiger partial charge in [-0.3, -0.25) is 0 Å². The summed E-state index contributed by atoms with van der Waals surface area (Å²) in [6.45, 7) is 6.43. The average Bonchev–Trinajstić information content (AvgIpc) is 2.73. The zero-order valence-corrected chi connectivity index (χ0v) is 10.2. The SMILES string of the molecule is C.Cc1nsc2c(N3CCNCC3)cccc12. The van der Waals surface area contributed by atoms with E-state index in [9.17, 15) is 0 Å². The molecule has 1 aromatic carbocycles. The van der Waals surface area contributed by atoms with Gasteiger partial charge in [0, 0.05) is 31.6 Å². The molecule has 0 bridgehead atoms. The normalized spacial score (nSPS) is 15.9. The minimum absolute atomic E-state index is 0. The van der Waals surface area contributed by atoms with Crippen LogP contribution in [0.2, 0.25) is 0 Å². The lowest BCUT2D eigenvalue weighted by molar-refractivity contribution is 0.590. The lowest BCUT2D eigenvalue weighted by Gasteiger charge is -2.29. The van der Waals surface area contributed by atoms with Crippen molar-refractivity contribution in [1.29, 1.82) is 0 Å². The molecule has 4 heteroatoms. The van der Waals surface area contributed by atoms with Gasteiger partial charge in [-0.05, 0) is 24.5 Å². The summed E-state index contributed by atoms with van der Waals surface area (Å²) in [6, 6.07) is 6.52. The molecule has 0 saturated carbocycles. The van der Waals surface area contributed by atoms with Gasteiger partial charge in [-0.25, -0.2) is 0 Å². The molecule has 0 atom stereocenters. The quantitative estimate of drug-likeness (QED) is 0.842. The molecular weight excluding hydrogens is 230 g/mol. The minimum Gasteiger partial charge on any atom is -0.368 e. The highest BCUT2D eigenvalue weighted by molar-refractivity contribution is 7.14. The Bertz CT molecular complexity index is 500. The Hall–Kier alpha value is -1.13. The van der Waals surface area contributed by atoms with Gasteiger partial charge in [-0.2, -0.15) is 4.37 Å². The van der Waals surface area contributed by atoms with Gasteiger partial charge in [0.1, 0.15) is 0 Å². The Labute approximate surface area is 107 Å². The summed E-state index contributed by atoms with van der Waals surface area (Å²) in [7, 11) is 0. The smallest absolute Gasteiger partial charge is 0.0786 e. The second-order valence-electron chi connectivity index (χ2n) is 4.16. The average molecular weight is 249 g/mol. The molecule has 3 rings (SSSR count). The van der Waals surface area contributed by atoms with E-state index in [0.29, 0.717) is 0 Å². The van der Waals surface area contributed by atoms with Crippen molar-refractivity contribution in [3.8, 4) is 0 Å². The summed E-state index contributed by atoms with van der Waals surface area (Å²) in [4.78, 5) is 2.45. The Morgan fingerprint density at radius 2 is 2.06 bits per heavy atom. The summed E-state index contributed by atoms with van der Waals surface area (Å²) >= 11 is 1.62. The molecule has 2 aromatic rings. The van der Waals surface area contributed by atoms with Gasteiger partial charge in [0.05, 0.1) is 16.1 Å². The number of benzene rings is 1. The van der Waals surface area contributed by atoms with Crippen LogP contribution in [0, 0.1) is 6.92 Å². The van der Waals surface area contributed by atoms with Crippen LogP contribution >= 0.6 is 11.5 Å². The number of aryl methyl sites for hydroxylation is 1. The summed E-state index contributed by atoms with van der Waals surface area (Å²) in [5.74, 6) is 0. The largest absolute Gasteiger partial charge is 0.368 e. The van der Waals surface area contributed by atoms with Crippen LogP contribution in [0.15, 0.2) is 18.2 Å². The van der Waals surface area contributed by atoms with Crippen molar-refractivity contribution in [3.05, 3.63) is 23.9 Å². The van der Waals surface area contributed by atoms with Gasteiger partial charge in [0.25, 0.3) is 0 Å². The van der Waals surface area contributed by atoms with Gasteiger partial charge in [-0.15, -0.1) is 0 Å². The summed E-state index contributed by atoms with van der Waals surface area (Å²) in [6.07, 6.45) is 0. The Kier molecular flexibility index (Phi) is 3.64. The zero-order valence-electron chi connectivity index (χ0n) is 9.36. The molecule has 1 fully saturated rings. The predicted molar refractivity (Wildman–Crippen MR) is 76.2 cm³/mol. The van der Waals surface area contributed by atoms with Crippen molar-refractivity contribution in [3.63, 3.8) is 0 Å². The summed E-state index contributed by atoms with van der Waals surface area (Å²) < 4.78 is 5.79. The summed E-state index contributed by atoms with van der Waals surface area (Å²) in [5, 5.41) is 4.69. The maximum Gasteiger partial charge on any atom is 0.0786 e. The van der Waals surface area contributed by atoms with Crippen LogP contribution in [-0.2, 0) is 0 Å². The molecule has 1 saturated heterocycles. The van der Waals surface area contributed by atoms with Crippen molar-refractivity contribution in [2.45, 2.75) is 14.4 Å². The molecule has 0 aliphatic carbocycles. The van der Waals surface area contributed by atoms with Gasteiger partial charge in [0.2, 0.25) is 0 Å². The maximum atomic E-state index is 4.45. The number of aromatic nitrogens is 1. The lowest BCUT2D eigenvalue weighted by Crippen LogP contribution is -2.43. The third-order valence-corrected chi connectivity index (χ3v) is 4.09. The van der Waals surface area contributed by atoms with E-state index in [0.717, 1.165) is 31.9 Å². The molecule has 1 aliphatic heterocycles. The highest BCUT2D eigenvalue weighted by Crippen LogP contribution is 2.32. The Balaban J connectivity index is 0.00000108. The third kappa shape index (κ3) is 2.15. The molecule has 1 aromatic heterocycles. The van der Waals surface area contributed by atoms with E-state index in [4.69, 9.17) is 0 Å². The fourth-order valence-corrected chi connectivity index (χ4v) is 3.16. The van der Waals surface area contributed by atoms with Crippen molar-refractivity contribution < 1.29 is 0 Å². The van der Waals surface area contributed by atoms with Crippen LogP contribution in [0.5, 0.6) is 0 Å². The Morgan fingerprint density at radius 1 is 1.29 bits per heavy atom. The number of fused-ring (bicyclic) bond motifs is 1. The van der Waals surface area contributed by atoms with Crippen LogP contribution in [0.25, 0.3) is 10.1 Å². The molecule has 0 unspecified atom stereocenters. The molecule has 1 N–H and O–H groups in total. The number of hydrogen-bond donors (Lipinski definition) is 1.